The lowest BCUT2D eigenvalue weighted by Crippen LogP contribution is -2.64. The largest absolute Gasteiger partial charge is 0.468 e. The standard InChI is InChI=1S/C17H32N2O2/c1-5-11-18-17(15-9-10-15,16(20)21-4)12-19-13(2)7-6-8-14(19)3/h13-15,18H,5-12H2,1-4H3/t13-,14+,17?. The molecule has 1 N–H and O–H groups in total. The maximum absolute atomic E-state index is 12.6. The Kier molecular flexibility index (Phi) is 5.67. The van der Waals surface area contributed by atoms with Crippen molar-refractivity contribution in [3.8, 4) is 0 Å². The molecule has 2 fully saturated rings. The predicted octanol–water partition coefficient (Wildman–Crippen LogP) is 2.57. The summed E-state index contributed by atoms with van der Waals surface area (Å²) in [5, 5.41) is 3.57. The van der Waals surface area contributed by atoms with Gasteiger partial charge in [-0.2, -0.15) is 0 Å². The lowest BCUT2D eigenvalue weighted by atomic mass is 9.88. The third kappa shape index (κ3) is 3.59. The van der Waals surface area contributed by atoms with Crippen LogP contribution in [0.1, 0.15) is 59.3 Å². The van der Waals surface area contributed by atoms with E-state index in [9.17, 15) is 4.79 Å². The van der Waals surface area contributed by atoms with Gasteiger partial charge in [0.15, 0.2) is 0 Å². The monoisotopic (exact) mass is 296 g/mol. The minimum atomic E-state index is -0.495. The summed E-state index contributed by atoms with van der Waals surface area (Å²) in [6.45, 7) is 8.41. The van der Waals surface area contributed by atoms with Gasteiger partial charge in [-0.1, -0.05) is 13.3 Å². The number of carbonyl (C=O) groups excluding carboxylic acids is 1. The number of ether oxygens (including phenoxy) is 1. The molecule has 1 unspecified atom stereocenters. The SMILES string of the molecule is CCCNC(CN1[C@H](C)CCC[C@@H]1C)(C(=O)OC)C1CC1. The average Bonchev–Trinajstić information content (AvgIpc) is 3.31. The molecule has 1 saturated carbocycles. The van der Waals surface area contributed by atoms with Crippen molar-refractivity contribution in [1.29, 1.82) is 0 Å². The molecule has 0 radical (unpaired) electrons. The Balaban J connectivity index is 2.19. The number of nitrogens with zero attached hydrogens (tertiary/aromatic N) is 1. The first-order valence-electron chi connectivity index (χ1n) is 8.64. The first-order valence-corrected chi connectivity index (χ1v) is 8.64. The van der Waals surface area contributed by atoms with Crippen LogP contribution in [0.4, 0.5) is 0 Å². The van der Waals surface area contributed by atoms with E-state index in [0.717, 1.165) is 32.4 Å². The van der Waals surface area contributed by atoms with Crippen molar-refractivity contribution < 1.29 is 9.53 Å². The van der Waals surface area contributed by atoms with Crippen molar-refractivity contribution in [1.82, 2.24) is 10.2 Å². The van der Waals surface area contributed by atoms with E-state index < -0.39 is 5.54 Å². The van der Waals surface area contributed by atoms with Gasteiger partial charge in [-0.05, 0) is 58.4 Å². The highest BCUT2D eigenvalue weighted by molar-refractivity contribution is 5.82. The predicted molar refractivity (Wildman–Crippen MR) is 85.2 cm³/mol. The Labute approximate surface area is 129 Å². The van der Waals surface area contributed by atoms with Gasteiger partial charge in [0, 0.05) is 18.6 Å². The molecule has 21 heavy (non-hydrogen) atoms. The van der Waals surface area contributed by atoms with Gasteiger partial charge in [-0.25, -0.2) is 4.79 Å². The fourth-order valence-electron chi connectivity index (χ4n) is 3.81. The highest BCUT2D eigenvalue weighted by atomic mass is 16.5. The third-order valence-corrected chi connectivity index (χ3v) is 5.32. The number of piperidine rings is 1. The first-order chi connectivity index (χ1) is 10.0. The second-order valence-electron chi connectivity index (χ2n) is 6.97. The van der Waals surface area contributed by atoms with Gasteiger partial charge < -0.3 is 10.1 Å². The molecule has 3 atom stereocenters. The minimum absolute atomic E-state index is 0.0663. The molecule has 122 valence electrons. The molecule has 0 aromatic rings. The van der Waals surface area contributed by atoms with Gasteiger partial charge in [0.1, 0.15) is 5.54 Å². The highest BCUT2D eigenvalue weighted by Crippen LogP contribution is 2.42. The molecule has 0 bridgehead atoms. The Morgan fingerprint density at radius 2 is 1.86 bits per heavy atom. The van der Waals surface area contributed by atoms with Crippen molar-refractivity contribution >= 4 is 5.97 Å². The molecule has 0 amide bonds. The molecule has 0 spiro atoms. The van der Waals surface area contributed by atoms with Gasteiger partial charge in [-0.3, -0.25) is 4.90 Å². The average molecular weight is 296 g/mol. The zero-order valence-electron chi connectivity index (χ0n) is 14.2. The smallest absolute Gasteiger partial charge is 0.327 e. The molecule has 0 aromatic heterocycles. The van der Waals surface area contributed by atoms with Gasteiger partial charge in [-0.15, -0.1) is 0 Å². The number of hydrogen-bond acceptors (Lipinski definition) is 4. The zero-order chi connectivity index (χ0) is 15.5. The Morgan fingerprint density at radius 1 is 1.24 bits per heavy atom. The van der Waals surface area contributed by atoms with Crippen molar-refractivity contribution in [2.24, 2.45) is 5.92 Å². The van der Waals surface area contributed by atoms with E-state index >= 15 is 0 Å². The van der Waals surface area contributed by atoms with E-state index in [1.807, 2.05) is 0 Å². The second-order valence-corrected chi connectivity index (χ2v) is 6.97. The van der Waals surface area contributed by atoms with Crippen molar-refractivity contribution in [3.63, 3.8) is 0 Å². The summed E-state index contributed by atoms with van der Waals surface area (Å²) >= 11 is 0. The van der Waals surface area contributed by atoms with E-state index in [1.165, 1.54) is 26.4 Å². The Hall–Kier alpha value is -0.610. The maximum atomic E-state index is 12.6. The molecule has 1 aliphatic carbocycles. The van der Waals surface area contributed by atoms with Crippen molar-refractivity contribution in [2.45, 2.75) is 76.9 Å². The molecule has 2 aliphatic rings. The zero-order valence-corrected chi connectivity index (χ0v) is 14.2. The molecule has 1 saturated heterocycles. The van der Waals surface area contributed by atoms with Gasteiger partial charge >= 0.3 is 5.97 Å². The Bertz CT molecular complexity index is 347. The fourth-order valence-corrected chi connectivity index (χ4v) is 3.81. The summed E-state index contributed by atoms with van der Waals surface area (Å²) in [5.74, 6) is 0.376. The van der Waals surface area contributed by atoms with Crippen LogP contribution >= 0.6 is 0 Å². The van der Waals surface area contributed by atoms with Crippen LogP contribution in [0, 0.1) is 5.92 Å². The summed E-state index contributed by atoms with van der Waals surface area (Å²) in [4.78, 5) is 15.1. The van der Waals surface area contributed by atoms with Crippen LogP contribution in [0.5, 0.6) is 0 Å². The van der Waals surface area contributed by atoms with E-state index in [-0.39, 0.29) is 5.97 Å². The molecular weight excluding hydrogens is 264 g/mol. The quantitative estimate of drug-likeness (QED) is 0.733. The van der Waals surface area contributed by atoms with Crippen LogP contribution in [0.2, 0.25) is 0 Å². The first kappa shape index (κ1) is 16.8. The van der Waals surface area contributed by atoms with Crippen LogP contribution in [0.25, 0.3) is 0 Å². The lowest BCUT2D eigenvalue weighted by Gasteiger charge is -2.45. The number of carbonyl (C=O) groups is 1. The van der Waals surface area contributed by atoms with E-state index in [0.29, 0.717) is 18.0 Å². The number of rotatable bonds is 7. The fraction of sp³-hybridized carbons (Fsp3) is 0.941. The highest BCUT2D eigenvalue weighted by Gasteiger charge is 2.53. The molecule has 4 heteroatoms. The lowest BCUT2D eigenvalue weighted by molar-refractivity contribution is -0.151. The number of esters is 1. The van der Waals surface area contributed by atoms with Crippen molar-refractivity contribution in [3.05, 3.63) is 0 Å². The summed E-state index contributed by atoms with van der Waals surface area (Å²) in [7, 11) is 1.52. The molecule has 4 nitrogen and oxygen atoms in total. The summed E-state index contributed by atoms with van der Waals surface area (Å²) in [6.07, 6.45) is 7.09. The van der Waals surface area contributed by atoms with E-state index in [1.54, 1.807) is 0 Å². The number of nitrogens with one attached hydrogen (secondary N) is 1. The number of likely N-dealkylation sites (tertiary alicyclic amines) is 1. The summed E-state index contributed by atoms with van der Waals surface area (Å²) in [5.41, 5.74) is -0.495. The third-order valence-electron chi connectivity index (χ3n) is 5.32. The molecule has 0 aromatic carbocycles. The van der Waals surface area contributed by atoms with Gasteiger partial charge in [0.2, 0.25) is 0 Å². The molecule has 2 rings (SSSR count). The van der Waals surface area contributed by atoms with Crippen LogP contribution in [0.15, 0.2) is 0 Å². The summed E-state index contributed by atoms with van der Waals surface area (Å²) < 4.78 is 5.20. The van der Waals surface area contributed by atoms with Gasteiger partial charge in [0.25, 0.3) is 0 Å². The topological polar surface area (TPSA) is 41.6 Å². The normalized spacial score (nSPS) is 29.9. The van der Waals surface area contributed by atoms with Crippen LogP contribution < -0.4 is 5.32 Å². The minimum Gasteiger partial charge on any atom is -0.468 e. The number of hydrogen-bond donors (Lipinski definition) is 1. The van der Waals surface area contributed by atoms with E-state index in [2.05, 4.69) is 31.0 Å². The number of methoxy groups -OCH3 is 1. The van der Waals surface area contributed by atoms with Crippen LogP contribution in [-0.2, 0) is 9.53 Å². The van der Waals surface area contributed by atoms with Crippen LogP contribution in [0.3, 0.4) is 0 Å². The molecular formula is C17H32N2O2. The van der Waals surface area contributed by atoms with Crippen molar-refractivity contribution in [2.75, 3.05) is 20.2 Å². The van der Waals surface area contributed by atoms with E-state index in [4.69, 9.17) is 4.74 Å². The Morgan fingerprint density at radius 3 is 2.33 bits per heavy atom. The van der Waals surface area contributed by atoms with Gasteiger partial charge in [0.05, 0.1) is 7.11 Å². The summed E-state index contributed by atoms with van der Waals surface area (Å²) in [6, 6.07) is 1.11. The maximum Gasteiger partial charge on any atom is 0.327 e. The van der Waals surface area contributed by atoms with Crippen LogP contribution in [-0.4, -0.2) is 48.7 Å². The second kappa shape index (κ2) is 7.10. The molecule has 1 aliphatic heterocycles. The molecule has 1 heterocycles.